The molecule has 1 saturated heterocycles. The first kappa shape index (κ1) is 15.3. The fourth-order valence-electron chi connectivity index (χ4n) is 2.73. The molecule has 6 nitrogen and oxygen atoms in total. The molecule has 114 valence electrons. The summed E-state index contributed by atoms with van der Waals surface area (Å²) in [7, 11) is 1.71. The molecule has 1 unspecified atom stereocenters. The van der Waals surface area contributed by atoms with E-state index in [0.717, 1.165) is 13.0 Å². The molecule has 1 aromatic carbocycles. The molecule has 1 aliphatic rings. The highest BCUT2D eigenvalue weighted by molar-refractivity contribution is 6.00. The van der Waals surface area contributed by atoms with Gasteiger partial charge in [-0.05, 0) is 24.3 Å². The monoisotopic (exact) mass is 291 g/mol. The standard InChI is InChI=1S/C15H21N3O3/c1-10(2)11-6-7-17(9-11)15(19)13-8-12(18(20)21)4-5-14(13)16-3/h4-5,8,10-11,16H,6-7,9H2,1-3H3. The van der Waals surface area contributed by atoms with Crippen LogP contribution in [0, 0.1) is 22.0 Å². The van der Waals surface area contributed by atoms with Crippen LogP contribution in [0.3, 0.4) is 0 Å². The van der Waals surface area contributed by atoms with Gasteiger partial charge in [0.05, 0.1) is 10.5 Å². The Morgan fingerprint density at radius 3 is 2.71 bits per heavy atom. The summed E-state index contributed by atoms with van der Waals surface area (Å²) in [4.78, 5) is 24.9. The van der Waals surface area contributed by atoms with E-state index < -0.39 is 4.92 Å². The van der Waals surface area contributed by atoms with Crippen LogP contribution in [-0.4, -0.2) is 35.9 Å². The number of nitro groups is 1. The number of nitrogens with zero attached hydrogens (tertiary/aromatic N) is 2. The number of nitrogens with one attached hydrogen (secondary N) is 1. The summed E-state index contributed by atoms with van der Waals surface area (Å²) in [6.07, 6.45) is 0.993. The van der Waals surface area contributed by atoms with Crippen LogP contribution in [0.15, 0.2) is 18.2 Å². The molecule has 0 bridgehead atoms. The number of rotatable bonds is 4. The first-order chi connectivity index (χ1) is 9.93. The lowest BCUT2D eigenvalue weighted by atomic mass is 9.95. The highest BCUT2D eigenvalue weighted by Gasteiger charge is 2.30. The molecule has 0 aromatic heterocycles. The normalized spacial score (nSPS) is 18.1. The zero-order chi connectivity index (χ0) is 15.6. The highest BCUT2D eigenvalue weighted by Crippen LogP contribution is 2.28. The second kappa shape index (κ2) is 6.11. The van der Waals surface area contributed by atoms with Gasteiger partial charge in [0.2, 0.25) is 0 Å². The number of carbonyl (C=O) groups excluding carboxylic acids is 1. The van der Waals surface area contributed by atoms with Gasteiger partial charge in [-0.3, -0.25) is 14.9 Å². The van der Waals surface area contributed by atoms with Gasteiger partial charge in [-0.25, -0.2) is 0 Å². The van der Waals surface area contributed by atoms with E-state index in [-0.39, 0.29) is 11.6 Å². The van der Waals surface area contributed by atoms with Crippen molar-refractivity contribution in [2.24, 2.45) is 11.8 Å². The quantitative estimate of drug-likeness (QED) is 0.683. The zero-order valence-corrected chi connectivity index (χ0v) is 12.6. The van der Waals surface area contributed by atoms with Crippen LogP contribution in [0.5, 0.6) is 0 Å². The molecule has 0 spiro atoms. The van der Waals surface area contributed by atoms with Crippen LogP contribution < -0.4 is 5.32 Å². The molecule has 6 heteroatoms. The summed E-state index contributed by atoms with van der Waals surface area (Å²) in [5.41, 5.74) is 0.937. The maximum atomic E-state index is 12.6. The molecule has 2 rings (SSSR count). The molecular formula is C15H21N3O3. The molecule has 1 aliphatic heterocycles. The lowest BCUT2D eigenvalue weighted by Gasteiger charge is -2.19. The molecule has 1 atom stereocenters. The van der Waals surface area contributed by atoms with Crippen LogP contribution in [-0.2, 0) is 0 Å². The van der Waals surface area contributed by atoms with Crippen LogP contribution in [0.4, 0.5) is 11.4 Å². The van der Waals surface area contributed by atoms with Crippen molar-refractivity contribution in [3.63, 3.8) is 0 Å². The Morgan fingerprint density at radius 2 is 2.19 bits per heavy atom. The van der Waals surface area contributed by atoms with Gasteiger partial charge in [-0.2, -0.15) is 0 Å². The Bertz CT molecular complexity index is 557. The topological polar surface area (TPSA) is 75.5 Å². The number of benzene rings is 1. The smallest absolute Gasteiger partial charge is 0.270 e. The molecular weight excluding hydrogens is 270 g/mol. The first-order valence-corrected chi connectivity index (χ1v) is 7.19. The van der Waals surface area contributed by atoms with Crippen LogP contribution in [0.25, 0.3) is 0 Å². The summed E-state index contributed by atoms with van der Waals surface area (Å²) >= 11 is 0. The van der Waals surface area contributed by atoms with Gasteiger partial charge in [-0.1, -0.05) is 13.8 Å². The van der Waals surface area contributed by atoms with E-state index in [1.165, 1.54) is 12.1 Å². The number of amides is 1. The van der Waals surface area contributed by atoms with E-state index >= 15 is 0 Å². The molecule has 0 aliphatic carbocycles. The van der Waals surface area contributed by atoms with Crippen molar-refractivity contribution in [1.29, 1.82) is 0 Å². The summed E-state index contributed by atoms with van der Waals surface area (Å²) in [5, 5.41) is 13.8. The molecule has 1 aromatic rings. The van der Waals surface area contributed by atoms with Gasteiger partial charge < -0.3 is 10.2 Å². The van der Waals surface area contributed by atoms with Crippen molar-refractivity contribution >= 4 is 17.3 Å². The Balaban J connectivity index is 2.26. The van der Waals surface area contributed by atoms with Crippen molar-refractivity contribution in [2.45, 2.75) is 20.3 Å². The average Bonchev–Trinajstić information content (AvgIpc) is 2.95. The fraction of sp³-hybridized carbons (Fsp3) is 0.533. The molecule has 1 N–H and O–H groups in total. The largest absolute Gasteiger partial charge is 0.387 e. The van der Waals surface area contributed by atoms with Gasteiger partial charge in [0, 0.05) is 38.0 Å². The lowest BCUT2D eigenvalue weighted by Crippen LogP contribution is -2.30. The minimum atomic E-state index is -0.475. The van der Waals surface area contributed by atoms with E-state index in [9.17, 15) is 14.9 Å². The Labute approximate surface area is 124 Å². The second-order valence-corrected chi connectivity index (χ2v) is 5.78. The minimum absolute atomic E-state index is 0.0584. The second-order valence-electron chi connectivity index (χ2n) is 5.78. The predicted molar refractivity (Wildman–Crippen MR) is 81.5 cm³/mol. The SMILES string of the molecule is CNc1ccc([N+](=O)[O-])cc1C(=O)N1CCC(C(C)C)C1. The van der Waals surface area contributed by atoms with Crippen molar-refractivity contribution in [2.75, 3.05) is 25.5 Å². The fourth-order valence-corrected chi connectivity index (χ4v) is 2.73. The third-order valence-electron chi connectivity index (χ3n) is 4.17. The van der Waals surface area contributed by atoms with E-state index in [4.69, 9.17) is 0 Å². The van der Waals surface area contributed by atoms with E-state index in [0.29, 0.717) is 29.6 Å². The third kappa shape index (κ3) is 3.15. The summed E-state index contributed by atoms with van der Waals surface area (Å²) in [5.74, 6) is 0.911. The Kier molecular flexibility index (Phi) is 4.45. The summed E-state index contributed by atoms with van der Waals surface area (Å²) in [6.45, 7) is 5.76. The molecule has 1 amide bonds. The van der Waals surface area contributed by atoms with Crippen molar-refractivity contribution < 1.29 is 9.72 Å². The maximum Gasteiger partial charge on any atom is 0.270 e. The molecule has 0 saturated carbocycles. The maximum absolute atomic E-state index is 12.6. The predicted octanol–water partition coefficient (Wildman–Crippen LogP) is 2.75. The third-order valence-corrected chi connectivity index (χ3v) is 4.17. The van der Waals surface area contributed by atoms with Crippen molar-refractivity contribution in [3.8, 4) is 0 Å². The van der Waals surface area contributed by atoms with Crippen molar-refractivity contribution in [1.82, 2.24) is 4.90 Å². The molecule has 1 heterocycles. The number of non-ortho nitro benzene ring substituents is 1. The average molecular weight is 291 g/mol. The van der Waals surface area contributed by atoms with Gasteiger partial charge in [0.15, 0.2) is 0 Å². The molecule has 0 radical (unpaired) electrons. The van der Waals surface area contributed by atoms with E-state index in [1.54, 1.807) is 18.0 Å². The molecule has 21 heavy (non-hydrogen) atoms. The number of hydrogen-bond acceptors (Lipinski definition) is 4. The Hall–Kier alpha value is -2.11. The number of anilines is 1. The number of hydrogen-bond donors (Lipinski definition) is 1. The first-order valence-electron chi connectivity index (χ1n) is 7.19. The number of nitro benzene ring substituents is 1. The van der Waals surface area contributed by atoms with Crippen molar-refractivity contribution in [3.05, 3.63) is 33.9 Å². The molecule has 1 fully saturated rings. The van der Waals surface area contributed by atoms with Gasteiger partial charge >= 0.3 is 0 Å². The number of carbonyl (C=O) groups is 1. The van der Waals surface area contributed by atoms with Gasteiger partial charge in [0.25, 0.3) is 11.6 Å². The van der Waals surface area contributed by atoms with E-state index in [1.807, 2.05) is 0 Å². The van der Waals surface area contributed by atoms with Gasteiger partial charge in [-0.15, -0.1) is 0 Å². The van der Waals surface area contributed by atoms with Crippen LogP contribution in [0.2, 0.25) is 0 Å². The summed E-state index contributed by atoms with van der Waals surface area (Å²) in [6, 6.07) is 4.35. The van der Waals surface area contributed by atoms with E-state index in [2.05, 4.69) is 19.2 Å². The number of likely N-dealkylation sites (tertiary alicyclic amines) is 1. The van der Waals surface area contributed by atoms with Crippen LogP contribution in [0.1, 0.15) is 30.6 Å². The lowest BCUT2D eigenvalue weighted by molar-refractivity contribution is -0.384. The van der Waals surface area contributed by atoms with Crippen LogP contribution >= 0.6 is 0 Å². The Morgan fingerprint density at radius 1 is 1.48 bits per heavy atom. The zero-order valence-electron chi connectivity index (χ0n) is 12.6. The summed E-state index contributed by atoms with van der Waals surface area (Å²) < 4.78 is 0. The van der Waals surface area contributed by atoms with Gasteiger partial charge in [0.1, 0.15) is 0 Å². The minimum Gasteiger partial charge on any atom is -0.387 e. The highest BCUT2D eigenvalue weighted by atomic mass is 16.6.